The number of aliphatic hydroxyl groups is 1. The highest BCUT2D eigenvalue weighted by atomic mass is 16.5. The third-order valence-electron chi connectivity index (χ3n) is 3.90. The monoisotopic (exact) mass is 280 g/mol. The number of ether oxygens (including phenoxy) is 1. The molecule has 0 spiro atoms. The molecule has 3 amide bonds. The maximum atomic E-state index is 12.0. The molecule has 4 unspecified atom stereocenters. The summed E-state index contributed by atoms with van der Waals surface area (Å²) < 4.78 is 5.35. The van der Waals surface area contributed by atoms with Gasteiger partial charge in [0.15, 0.2) is 5.72 Å². The molecule has 2 heterocycles. The molecule has 1 aromatic heterocycles. The van der Waals surface area contributed by atoms with Crippen molar-refractivity contribution in [2.24, 2.45) is 0 Å². The molecule has 0 radical (unpaired) electrons. The van der Waals surface area contributed by atoms with Gasteiger partial charge in [0.2, 0.25) is 0 Å². The number of urea groups is 1. The van der Waals surface area contributed by atoms with Gasteiger partial charge in [0.05, 0.1) is 12.1 Å². The van der Waals surface area contributed by atoms with E-state index in [1.54, 1.807) is 18.3 Å². The van der Waals surface area contributed by atoms with Gasteiger partial charge in [-0.3, -0.25) is 4.79 Å². The molecular weight excluding hydrogens is 264 g/mol. The summed E-state index contributed by atoms with van der Waals surface area (Å²) >= 11 is 0. The first-order chi connectivity index (χ1) is 9.55. The second-order valence-corrected chi connectivity index (χ2v) is 5.02. The highest BCUT2D eigenvalue weighted by molar-refractivity contribution is 5.92. The van der Waals surface area contributed by atoms with Gasteiger partial charge in [0, 0.05) is 19.7 Å². The van der Waals surface area contributed by atoms with Gasteiger partial charge >= 0.3 is 6.03 Å². The van der Waals surface area contributed by atoms with Crippen LogP contribution in [-0.4, -0.2) is 53.1 Å². The van der Waals surface area contributed by atoms with Crippen LogP contribution in [-0.2, 0) is 4.74 Å². The number of carbonyl (C=O) groups excluding carboxylic acids is 2. The van der Waals surface area contributed by atoms with Gasteiger partial charge in [-0.15, -0.1) is 0 Å². The first-order valence-corrected chi connectivity index (χ1v) is 6.32. The van der Waals surface area contributed by atoms with E-state index in [0.717, 1.165) is 0 Å². The summed E-state index contributed by atoms with van der Waals surface area (Å²) in [5.74, 6) is -0.341. The minimum atomic E-state index is -0.982. The Hall–Kier alpha value is -2.06. The number of aromatic nitrogens is 1. The van der Waals surface area contributed by atoms with Gasteiger partial charge in [-0.2, -0.15) is 0 Å². The predicted octanol–water partition coefficient (Wildman–Crippen LogP) is -1.10. The first kappa shape index (κ1) is 12.9. The Bertz CT molecular complexity index is 532. The zero-order chi connectivity index (χ0) is 14.3. The number of rotatable bonds is 3. The van der Waals surface area contributed by atoms with Crippen molar-refractivity contribution in [3.63, 3.8) is 0 Å². The van der Waals surface area contributed by atoms with Crippen LogP contribution in [0.3, 0.4) is 0 Å². The fourth-order valence-electron chi connectivity index (χ4n) is 2.92. The molecular formula is C12H16N4O4. The Kier molecular flexibility index (Phi) is 2.91. The van der Waals surface area contributed by atoms with Gasteiger partial charge in [-0.25, -0.2) is 4.79 Å². The van der Waals surface area contributed by atoms with Crippen molar-refractivity contribution in [1.29, 1.82) is 0 Å². The maximum absolute atomic E-state index is 12.0. The molecule has 3 rings (SSSR count). The van der Waals surface area contributed by atoms with E-state index in [2.05, 4.69) is 20.9 Å². The molecule has 0 bridgehead atoms. The summed E-state index contributed by atoms with van der Waals surface area (Å²) in [6.45, 7) is 0. The van der Waals surface area contributed by atoms with E-state index < -0.39 is 23.9 Å². The lowest BCUT2D eigenvalue weighted by Crippen LogP contribution is -2.55. The summed E-state index contributed by atoms with van der Waals surface area (Å²) in [4.78, 5) is 26.3. The Labute approximate surface area is 114 Å². The molecule has 1 saturated carbocycles. The Morgan fingerprint density at radius 2 is 2.40 bits per heavy atom. The van der Waals surface area contributed by atoms with Crippen LogP contribution in [0, 0.1) is 0 Å². The number of aliphatic hydroxyl groups excluding tert-OH is 1. The van der Waals surface area contributed by atoms with Gasteiger partial charge < -0.3 is 30.8 Å². The molecule has 2 aliphatic rings. The molecule has 4 atom stereocenters. The Balaban J connectivity index is 1.79. The molecule has 1 aliphatic carbocycles. The highest BCUT2D eigenvalue weighted by Crippen LogP contribution is 2.34. The fourth-order valence-corrected chi connectivity index (χ4v) is 2.92. The van der Waals surface area contributed by atoms with Crippen LogP contribution < -0.4 is 16.0 Å². The molecule has 8 heteroatoms. The van der Waals surface area contributed by atoms with Crippen LogP contribution in [0.1, 0.15) is 16.9 Å². The topological polar surface area (TPSA) is 115 Å². The second kappa shape index (κ2) is 4.50. The van der Waals surface area contributed by atoms with Crippen LogP contribution in [0.5, 0.6) is 0 Å². The number of hydrogen-bond acceptors (Lipinski definition) is 4. The van der Waals surface area contributed by atoms with Gasteiger partial charge in [0.25, 0.3) is 5.91 Å². The van der Waals surface area contributed by atoms with E-state index in [4.69, 9.17) is 4.74 Å². The third-order valence-corrected chi connectivity index (χ3v) is 3.90. The molecule has 8 nitrogen and oxygen atoms in total. The van der Waals surface area contributed by atoms with Crippen molar-refractivity contribution in [3.8, 4) is 0 Å². The number of hydrogen-bond donors (Lipinski definition) is 5. The van der Waals surface area contributed by atoms with Gasteiger partial charge in [-0.1, -0.05) is 0 Å². The van der Waals surface area contributed by atoms with Crippen molar-refractivity contribution in [1.82, 2.24) is 20.9 Å². The van der Waals surface area contributed by atoms with Crippen LogP contribution in [0.15, 0.2) is 18.3 Å². The summed E-state index contributed by atoms with van der Waals surface area (Å²) in [7, 11) is 1.46. The number of H-pyrrole nitrogens is 1. The summed E-state index contributed by atoms with van der Waals surface area (Å²) in [5.41, 5.74) is -0.589. The van der Waals surface area contributed by atoms with E-state index >= 15 is 0 Å². The maximum Gasteiger partial charge on any atom is 0.317 e. The average molecular weight is 280 g/mol. The molecule has 1 aromatic rings. The third kappa shape index (κ3) is 1.84. The number of methoxy groups -OCH3 is 1. The van der Waals surface area contributed by atoms with Crippen molar-refractivity contribution in [2.75, 3.05) is 7.11 Å². The lowest BCUT2D eigenvalue weighted by molar-refractivity contribution is -0.0302. The van der Waals surface area contributed by atoms with Crippen molar-refractivity contribution >= 4 is 11.9 Å². The minimum absolute atomic E-state index is 0.211. The molecule has 108 valence electrons. The number of amides is 3. The van der Waals surface area contributed by atoms with Gasteiger partial charge in [0.1, 0.15) is 11.7 Å². The molecule has 0 aromatic carbocycles. The predicted molar refractivity (Wildman–Crippen MR) is 67.9 cm³/mol. The number of nitrogens with one attached hydrogen (secondary N) is 4. The molecule has 2 fully saturated rings. The van der Waals surface area contributed by atoms with E-state index in [0.29, 0.717) is 5.69 Å². The zero-order valence-corrected chi connectivity index (χ0v) is 10.8. The first-order valence-electron chi connectivity index (χ1n) is 6.32. The van der Waals surface area contributed by atoms with Crippen LogP contribution in [0.25, 0.3) is 0 Å². The normalized spacial score (nSPS) is 35.3. The lowest BCUT2D eigenvalue weighted by Gasteiger charge is -2.27. The van der Waals surface area contributed by atoms with Crippen LogP contribution >= 0.6 is 0 Å². The quantitative estimate of drug-likeness (QED) is 0.483. The summed E-state index contributed by atoms with van der Waals surface area (Å²) in [5, 5.41) is 18.2. The Morgan fingerprint density at radius 1 is 1.60 bits per heavy atom. The molecule has 20 heavy (non-hydrogen) atoms. The molecule has 5 N–H and O–H groups in total. The lowest BCUT2D eigenvalue weighted by atomic mass is 10.1. The summed E-state index contributed by atoms with van der Waals surface area (Å²) in [6, 6.07) is 1.82. The number of fused-ring (bicyclic) bond motifs is 1. The van der Waals surface area contributed by atoms with Gasteiger partial charge in [-0.05, 0) is 12.1 Å². The van der Waals surface area contributed by atoms with E-state index in [-0.39, 0.29) is 18.4 Å². The van der Waals surface area contributed by atoms with Crippen molar-refractivity contribution in [2.45, 2.75) is 30.3 Å². The largest absolute Gasteiger partial charge is 0.391 e. The second-order valence-electron chi connectivity index (χ2n) is 5.02. The van der Waals surface area contributed by atoms with E-state index in [1.807, 2.05) is 0 Å². The van der Waals surface area contributed by atoms with E-state index in [1.165, 1.54) is 7.11 Å². The van der Waals surface area contributed by atoms with Crippen LogP contribution in [0.4, 0.5) is 4.79 Å². The highest BCUT2D eigenvalue weighted by Gasteiger charge is 2.59. The number of aromatic amines is 1. The Morgan fingerprint density at radius 3 is 3.05 bits per heavy atom. The van der Waals surface area contributed by atoms with E-state index in [9.17, 15) is 14.7 Å². The minimum Gasteiger partial charge on any atom is -0.391 e. The fraction of sp³-hybridized carbons (Fsp3) is 0.500. The number of carbonyl (C=O) groups is 2. The zero-order valence-electron chi connectivity index (χ0n) is 10.8. The summed E-state index contributed by atoms with van der Waals surface area (Å²) in [6.07, 6.45) is 1.04. The average Bonchev–Trinajstić information content (AvgIpc) is 3.08. The van der Waals surface area contributed by atoms with Crippen molar-refractivity contribution < 1.29 is 19.4 Å². The smallest absolute Gasteiger partial charge is 0.317 e. The van der Waals surface area contributed by atoms with Crippen molar-refractivity contribution in [3.05, 3.63) is 24.0 Å². The van der Waals surface area contributed by atoms with Crippen LogP contribution in [0.2, 0.25) is 0 Å². The molecule has 1 aliphatic heterocycles. The standard InChI is InChI=1S/C12H16N4O4/c1-20-12-5-7(17)8(9(12)15-11(19)16-12)14-10(18)6-3-2-4-13-6/h2-4,7-9,13,17H,5H2,1H3,(H,14,18)(H2,15,16,19). The molecule has 1 saturated heterocycles. The SMILES string of the molecule is COC12CC(O)C(NC(=O)c3ccc[nH]3)C1NC(=O)N2.